The molecule has 0 atom stereocenters. The average molecular weight is 344 g/mol. The fourth-order valence-electron chi connectivity index (χ4n) is 1.74. The van der Waals surface area contributed by atoms with Crippen molar-refractivity contribution >= 4 is 33.3 Å². The predicted octanol–water partition coefficient (Wildman–Crippen LogP) is 3.29. The lowest BCUT2D eigenvalue weighted by molar-refractivity contribution is 0.0696. The van der Waals surface area contributed by atoms with Gasteiger partial charge in [0.2, 0.25) is 0 Å². The van der Waals surface area contributed by atoms with Crippen molar-refractivity contribution in [1.82, 2.24) is 0 Å². The van der Waals surface area contributed by atoms with Gasteiger partial charge < -0.3 is 5.11 Å². The van der Waals surface area contributed by atoms with Crippen molar-refractivity contribution in [2.75, 3.05) is 4.72 Å². The summed E-state index contributed by atoms with van der Waals surface area (Å²) in [5.74, 6) is -2.04. The third-order valence-corrected chi connectivity index (χ3v) is 4.68. The van der Waals surface area contributed by atoms with E-state index in [2.05, 4.69) is 4.72 Å². The van der Waals surface area contributed by atoms with E-state index in [1.54, 1.807) is 6.92 Å². The molecule has 5 nitrogen and oxygen atoms in total. The van der Waals surface area contributed by atoms with Crippen molar-refractivity contribution in [3.63, 3.8) is 0 Å². The van der Waals surface area contributed by atoms with E-state index in [1.807, 2.05) is 0 Å². The Morgan fingerprint density at radius 1 is 1.23 bits per heavy atom. The quantitative estimate of drug-likeness (QED) is 0.892. The smallest absolute Gasteiger partial charge is 0.335 e. The van der Waals surface area contributed by atoms with Gasteiger partial charge in [0, 0.05) is 0 Å². The summed E-state index contributed by atoms with van der Waals surface area (Å²) in [5.41, 5.74) is 0.142. The Labute approximate surface area is 131 Å². The fourth-order valence-corrected chi connectivity index (χ4v) is 3.34. The molecule has 0 aliphatic carbocycles. The lowest BCUT2D eigenvalue weighted by atomic mass is 10.2. The van der Waals surface area contributed by atoms with Gasteiger partial charge in [0.1, 0.15) is 10.7 Å². The zero-order valence-corrected chi connectivity index (χ0v) is 12.9. The molecule has 0 saturated heterocycles. The van der Waals surface area contributed by atoms with Crippen molar-refractivity contribution in [2.45, 2.75) is 11.8 Å². The summed E-state index contributed by atoms with van der Waals surface area (Å²) in [5, 5.41) is 8.75. The van der Waals surface area contributed by atoms with Crippen LogP contribution in [-0.4, -0.2) is 19.5 Å². The van der Waals surface area contributed by atoms with Gasteiger partial charge in [-0.2, -0.15) is 0 Å². The second-order valence-electron chi connectivity index (χ2n) is 4.54. The van der Waals surface area contributed by atoms with Crippen LogP contribution in [-0.2, 0) is 10.0 Å². The second kappa shape index (κ2) is 5.94. The summed E-state index contributed by atoms with van der Waals surface area (Å²) < 4.78 is 40.4. The molecule has 0 saturated carbocycles. The first-order valence-electron chi connectivity index (χ1n) is 6.02. The molecular formula is C14H11ClFNO4S. The standard InChI is InChI=1S/C14H11ClFNO4S/c1-8-2-5-12(11(16)6-8)17-22(20,21)13-7-9(14(18)19)3-4-10(13)15/h2-7,17H,1H3,(H,18,19). The number of nitrogens with one attached hydrogen (secondary N) is 1. The van der Waals surface area contributed by atoms with Gasteiger partial charge in [-0.05, 0) is 42.8 Å². The van der Waals surface area contributed by atoms with Crippen LogP contribution in [0.15, 0.2) is 41.3 Å². The minimum Gasteiger partial charge on any atom is -0.478 e. The Balaban J connectivity index is 2.46. The van der Waals surface area contributed by atoms with Crippen LogP contribution in [0.5, 0.6) is 0 Å². The third-order valence-electron chi connectivity index (χ3n) is 2.84. The van der Waals surface area contributed by atoms with Gasteiger partial charge in [-0.1, -0.05) is 17.7 Å². The van der Waals surface area contributed by atoms with Crippen LogP contribution in [0, 0.1) is 12.7 Å². The van der Waals surface area contributed by atoms with Crippen molar-refractivity contribution in [3.8, 4) is 0 Å². The molecule has 0 bridgehead atoms. The molecule has 0 unspecified atom stereocenters. The maximum atomic E-state index is 13.8. The van der Waals surface area contributed by atoms with E-state index >= 15 is 0 Å². The molecule has 0 amide bonds. The van der Waals surface area contributed by atoms with E-state index < -0.39 is 26.7 Å². The molecule has 0 fully saturated rings. The summed E-state index contributed by atoms with van der Waals surface area (Å²) in [6.45, 7) is 1.66. The highest BCUT2D eigenvalue weighted by Crippen LogP contribution is 2.26. The Morgan fingerprint density at radius 3 is 2.50 bits per heavy atom. The highest BCUT2D eigenvalue weighted by Gasteiger charge is 2.21. The first-order chi connectivity index (χ1) is 10.2. The first-order valence-corrected chi connectivity index (χ1v) is 7.88. The van der Waals surface area contributed by atoms with E-state index in [0.29, 0.717) is 5.56 Å². The van der Waals surface area contributed by atoms with Gasteiger partial charge in [0.25, 0.3) is 10.0 Å². The van der Waals surface area contributed by atoms with Crippen molar-refractivity contribution in [1.29, 1.82) is 0 Å². The van der Waals surface area contributed by atoms with Crippen LogP contribution >= 0.6 is 11.6 Å². The normalized spacial score (nSPS) is 11.2. The number of carboxylic acid groups (broad SMARTS) is 1. The van der Waals surface area contributed by atoms with Crippen molar-refractivity contribution < 1.29 is 22.7 Å². The van der Waals surface area contributed by atoms with Gasteiger partial charge in [-0.25, -0.2) is 17.6 Å². The van der Waals surface area contributed by atoms with Gasteiger partial charge in [-0.3, -0.25) is 4.72 Å². The molecule has 2 N–H and O–H groups in total. The molecule has 2 aromatic rings. The average Bonchev–Trinajstić information content (AvgIpc) is 2.42. The highest BCUT2D eigenvalue weighted by molar-refractivity contribution is 7.92. The van der Waals surface area contributed by atoms with Crippen LogP contribution in [0.3, 0.4) is 0 Å². The summed E-state index contributed by atoms with van der Waals surface area (Å²) >= 11 is 5.81. The molecule has 2 aromatic carbocycles. The third kappa shape index (κ3) is 3.37. The lowest BCUT2D eigenvalue weighted by Gasteiger charge is -2.11. The van der Waals surface area contributed by atoms with Crippen LogP contribution < -0.4 is 4.72 Å². The number of rotatable bonds is 4. The van der Waals surface area contributed by atoms with E-state index in [4.69, 9.17) is 16.7 Å². The van der Waals surface area contributed by atoms with Crippen LogP contribution in [0.1, 0.15) is 15.9 Å². The van der Waals surface area contributed by atoms with Gasteiger partial charge >= 0.3 is 5.97 Å². The molecule has 0 spiro atoms. The summed E-state index contributed by atoms with van der Waals surface area (Å²) in [6.07, 6.45) is 0. The molecule has 0 radical (unpaired) electrons. The minimum atomic E-state index is -4.22. The maximum Gasteiger partial charge on any atom is 0.335 e. The number of aryl methyl sites for hydroxylation is 1. The van der Waals surface area contributed by atoms with Crippen LogP contribution in [0.25, 0.3) is 0 Å². The molecule has 0 aromatic heterocycles. The SMILES string of the molecule is Cc1ccc(NS(=O)(=O)c2cc(C(=O)O)ccc2Cl)c(F)c1. The molecule has 22 heavy (non-hydrogen) atoms. The summed E-state index contributed by atoms with van der Waals surface area (Å²) in [7, 11) is -4.22. The lowest BCUT2D eigenvalue weighted by Crippen LogP contribution is -2.15. The number of benzene rings is 2. The Hall–Kier alpha value is -2.12. The van der Waals surface area contributed by atoms with Gasteiger partial charge in [-0.15, -0.1) is 0 Å². The number of carboxylic acids is 1. The van der Waals surface area contributed by atoms with E-state index in [0.717, 1.165) is 12.1 Å². The number of hydrogen-bond donors (Lipinski definition) is 2. The number of aromatic carboxylic acids is 1. The van der Waals surface area contributed by atoms with E-state index in [9.17, 15) is 17.6 Å². The molecule has 2 rings (SSSR count). The second-order valence-corrected chi connectivity index (χ2v) is 6.60. The number of sulfonamides is 1. The monoisotopic (exact) mass is 343 g/mol. The van der Waals surface area contributed by atoms with Crippen LogP contribution in [0.4, 0.5) is 10.1 Å². The molecule has 116 valence electrons. The van der Waals surface area contributed by atoms with Crippen molar-refractivity contribution in [2.24, 2.45) is 0 Å². The van der Waals surface area contributed by atoms with Gasteiger partial charge in [0.15, 0.2) is 0 Å². The molecule has 0 aliphatic rings. The molecular weight excluding hydrogens is 333 g/mol. The first kappa shape index (κ1) is 16.3. The maximum absolute atomic E-state index is 13.8. The molecule has 0 aliphatic heterocycles. The van der Waals surface area contributed by atoms with E-state index in [1.165, 1.54) is 24.3 Å². The number of hydrogen-bond acceptors (Lipinski definition) is 3. The predicted molar refractivity (Wildman–Crippen MR) is 80.4 cm³/mol. The fraction of sp³-hybridized carbons (Fsp3) is 0.0714. The van der Waals surface area contributed by atoms with E-state index in [-0.39, 0.29) is 16.3 Å². The van der Waals surface area contributed by atoms with Crippen molar-refractivity contribution in [3.05, 3.63) is 58.4 Å². The molecule has 0 heterocycles. The highest BCUT2D eigenvalue weighted by atomic mass is 35.5. The Kier molecular flexibility index (Phi) is 4.39. The Bertz CT molecular complexity index is 852. The van der Waals surface area contributed by atoms with Gasteiger partial charge in [0.05, 0.1) is 16.3 Å². The summed E-state index contributed by atoms with van der Waals surface area (Å²) in [6, 6.07) is 7.24. The number of halogens is 2. The number of anilines is 1. The summed E-state index contributed by atoms with van der Waals surface area (Å²) in [4.78, 5) is 10.5. The van der Waals surface area contributed by atoms with Crippen LogP contribution in [0.2, 0.25) is 5.02 Å². The minimum absolute atomic E-state index is 0.162. The zero-order chi connectivity index (χ0) is 16.5. The largest absolute Gasteiger partial charge is 0.478 e. The Morgan fingerprint density at radius 2 is 1.91 bits per heavy atom. The molecule has 8 heteroatoms. The zero-order valence-electron chi connectivity index (χ0n) is 11.3. The number of carbonyl (C=O) groups is 1. The topological polar surface area (TPSA) is 83.5 Å².